The molecule has 0 N–H and O–H groups in total. The Hall–Kier alpha value is -0.420. The first-order valence-corrected chi connectivity index (χ1v) is 8.50. The molecule has 0 bridgehead atoms. The standard InChI is InChI=1S/C11H15BrN2O2S2/c1-8(2)14(6-4-5-13)18(15,16)10-7-11(12)17-9(10)3/h7-8H,4,6H2,1-3H3. The summed E-state index contributed by atoms with van der Waals surface area (Å²) in [6, 6.07) is 3.44. The summed E-state index contributed by atoms with van der Waals surface area (Å²) < 4.78 is 27.2. The molecule has 1 heterocycles. The van der Waals surface area contributed by atoms with Gasteiger partial charge in [-0.2, -0.15) is 9.57 Å². The highest BCUT2D eigenvalue weighted by Crippen LogP contribution is 2.32. The quantitative estimate of drug-likeness (QED) is 0.819. The molecule has 0 spiro atoms. The maximum atomic E-state index is 12.5. The lowest BCUT2D eigenvalue weighted by Gasteiger charge is -2.24. The molecule has 0 radical (unpaired) electrons. The second kappa shape index (κ2) is 6.15. The van der Waals surface area contributed by atoms with Crippen molar-refractivity contribution in [2.45, 2.75) is 38.1 Å². The van der Waals surface area contributed by atoms with Gasteiger partial charge in [0.1, 0.15) is 0 Å². The highest BCUT2D eigenvalue weighted by Gasteiger charge is 2.29. The third-order valence-corrected chi connectivity index (χ3v) is 6.33. The third kappa shape index (κ3) is 3.32. The smallest absolute Gasteiger partial charge is 0.207 e. The zero-order chi connectivity index (χ0) is 13.9. The van der Waals surface area contributed by atoms with Crippen LogP contribution in [0.2, 0.25) is 0 Å². The average Bonchev–Trinajstić information content (AvgIpc) is 2.58. The third-order valence-electron chi connectivity index (χ3n) is 2.45. The Morgan fingerprint density at radius 3 is 2.56 bits per heavy atom. The van der Waals surface area contributed by atoms with Gasteiger partial charge in [-0.05, 0) is 42.8 Å². The fourth-order valence-corrected chi connectivity index (χ4v) is 5.65. The Bertz CT molecular complexity index is 558. The van der Waals surface area contributed by atoms with Gasteiger partial charge in [0.05, 0.1) is 14.8 Å². The van der Waals surface area contributed by atoms with Crippen LogP contribution in [-0.4, -0.2) is 25.3 Å². The summed E-state index contributed by atoms with van der Waals surface area (Å²) >= 11 is 4.69. The number of hydrogen-bond acceptors (Lipinski definition) is 4. The fraction of sp³-hybridized carbons (Fsp3) is 0.545. The van der Waals surface area contributed by atoms with Crippen LogP contribution in [0.3, 0.4) is 0 Å². The zero-order valence-electron chi connectivity index (χ0n) is 10.5. The van der Waals surface area contributed by atoms with Crippen LogP contribution in [0.5, 0.6) is 0 Å². The Kier molecular flexibility index (Phi) is 5.34. The zero-order valence-corrected chi connectivity index (χ0v) is 13.7. The molecular weight excluding hydrogens is 336 g/mol. The summed E-state index contributed by atoms with van der Waals surface area (Å²) in [6.45, 7) is 5.63. The van der Waals surface area contributed by atoms with E-state index in [-0.39, 0.29) is 19.0 Å². The van der Waals surface area contributed by atoms with Gasteiger partial charge in [-0.15, -0.1) is 11.3 Å². The van der Waals surface area contributed by atoms with Gasteiger partial charge in [0.25, 0.3) is 0 Å². The lowest BCUT2D eigenvalue weighted by Crippen LogP contribution is -2.37. The predicted octanol–water partition coefficient (Wildman–Crippen LogP) is 3.13. The van der Waals surface area contributed by atoms with E-state index in [0.717, 1.165) is 8.66 Å². The first kappa shape index (κ1) is 15.6. The molecule has 1 rings (SSSR count). The van der Waals surface area contributed by atoms with Crippen molar-refractivity contribution in [3.8, 4) is 6.07 Å². The molecule has 0 fully saturated rings. The van der Waals surface area contributed by atoms with E-state index in [4.69, 9.17) is 5.26 Å². The Morgan fingerprint density at radius 2 is 2.17 bits per heavy atom. The Morgan fingerprint density at radius 1 is 1.56 bits per heavy atom. The van der Waals surface area contributed by atoms with Gasteiger partial charge < -0.3 is 0 Å². The van der Waals surface area contributed by atoms with Crippen LogP contribution in [0.15, 0.2) is 14.7 Å². The summed E-state index contributed by atoms with van der Waals surface area (Å²) in [6.07, 6.45) is 0.196. The van der Waals surface area contributed by atoms with E-state index < -0.39 is 10.0 Å². The minimum atomic E-state index is -3.52. The lowest BCUT2D eigenvalue weighted by molar-refractivity contribution is 0.360. The molecule has 0 amide bonds. The molecular formula is C11H15BrN2O2S2. The predicted molar refractivity (Wildman–Crippen MR) is 76.0 cm³/mol. The number of hydrogen-bond donors (Lipinski definition) is 0. The highest BCUT2D eigenvalue weighted by atomic mass is 79.9. The van der Waals surface area contributed by atoms with Gasteiger partial charge in [-0.3, -0.25) is 0 Å². The molecule has 1 aromatic heterocycles. The monoisotopic (exact) mass is 350 g/mol. The molecule has 4 nitrogen and oxygen atoms in total. The lowest BCUT2D eigenvalue weighted by atomic mass is 10.3. The molecule has 0 saturated carbocycles. The van der Waals surface area contributed by atoms with E-state index >= 15 is 0 Å². The van der Waals surface area contributed by atoms with E-state index in [0.29, 0.717) is 4.90 Å². The van der Waals surface area contributed by atoms with Crippen LogP contribution in [0.25, 0.3) is 0 Å². The largest absolute Gasteiger partial charge is 0.244 e. The van der Waals surface area contributed by atoms with Crippen molar-refractivity contribution >= 4 is 37.3 Å². The van der Waals surface area contributed by atoms with E-state index in [9.17, 15) is 8.42 Å². The van der Waals surface area contributed by atoms with E-state index in [1.807, 2.05) is 19.9 Å². The summed E-state index contributed by atoms with van der Waals surface area (Å²) in [4.78, 5) is 1.08. The van der Waals surface area contributed by atoms with Gasteiger partial charge in [-0.1, -0.05) is 0 Å². The van der Waals surface area contributed by atoms with Crippen molar-refractivity contribution < 1.29 is 8.42 Å². The molecule has 0 saturated heterocycles. The van der Waals surface area contributed by atoms with E-state index in [1.165, 1.54) is 15.6 Å². The van der Waals surface area contributed by atoms with Crippen LogP contribution < -0.4 is 0 Å². The van der Waals surface area contributed by atoms with E-state index in [1.54, 1.807) is 13.0 Å². The second-order valence-electron chi connectivity index (χ2n) is 4.09. The minimum absolute atomic E-state index is 0.165. The van der Waals surface area contributed by atoms with Gasteiger partial charge in [-0.25, -0.2) is 8.42 Å². The first-order chi connectivity index (χ1) is 8.30. The van der Waals surface area contributed by atoms with Gasteiger partial charge >= 0.3 is 0 Å². The first-order valence-electron chi connectivity index (χ1n) is 5.45. The molecule has 1 aromatic rings. The molecule has 0 aromatic carbocycles. The number of aryl methyl sites for hydroxylation is 1. The SMILES string of the molecule is Cc1sc(Br)cc1S(=O)(=O)N(CCC#N)C(C)C. The normalized spacial score (nSPS) is 12.1. The number of nitrogens with zero attached hydrogens (tertiary/aromatic N) is 2. The second-order valence-corrected chi connectivity index (χ2v) is 8.58. The molecule has 0 atom stereocenters. The summed E-state index contributed by atoms with van der Waals surface area (Å²) in [5.74, 6) is 0. The topological polar surface area (TPSA) is 61.2 Å². The number of halogens is 1. The van der Waals surface area contributed by atoms with Crippen molar-refractivity contribution in [1.29, 1.82) is 5.26 Å². The molecule has 0 aliphatic carbocycles. The van der Waals surface area contributed by atoms with Crippen LogP contribution in [-0.2, 0) is 10.0 Å². The van der Waals surface area contributed by atoms with Crippen LogP contribution in [0.1, 0.15) is 25.1 Å². The summed E-state index contributed by atoms with van der Waals surface area (Å²) in [5, 5.41) is 8.61. The molecule has 18 heavy (non-hydrogen) atoms. The highest BCUT2D eigenvalue weighted by molar-refractivity contribution is 9.11. The van der Waals surface area contributed by atoms with Crippen molar-refractivity contribution in [2.75, 3.05) is 6.54 Å². The number of rotatable bonds is 5. The fourth-order valence-electron chi connectivity index (χ4n) is 1.63. The van der Waals surface area contributed by atoms with Gasteiger partial charge in [0.2, 0.25) is 10.0 Å². The van der Waals surface area contributed by atoms with Gasteiger partial charge in [0, 0.05) is 23.9 Å². The van der Waals surface area contributed by atoms with Crippen LogP contribution >= 0.6 is 27.3 Å². The maximum Gasteiger partial charge on any atom is 0.244 e. The van der Waals surface area contributed by atoms with Crippen LogP contribution in [0, 0.1) is 18.3 Å². The number of sulfonamides is 1. The molecule has 0 aliphatic rings. The number of thiophene rings is 1. The molecule has 0 unspecified atom stereocenters. The van der Waals surface area contributed by atoms with Crippen molar-refractivity contribution in [3.63, 3.8) is 0 Å². The van der Waals surface area contributed by atoms with E-state index in [2.05, 4.69) is 15.9 Å². The van der Waals surface area contributed by atoms with Crippen LogP contribution in [0.4, 0.5) is 0 Å². The Labute approximate surface area is 120 Å². The van der Waals surface area contributed by atoms with Gasteiger partial charge in [0.15, 0.2) is 0 Å². The number of nitriles is 1. The Balaban J connectivity index is 3.18. The van der Waals surface area contributed by atoms with Crippen molar-refractivity contribution in [3.05, 3.63) is 14.7 Å². The average molecular weight is 351 g/mol. The molecule has 0 aliphatic heterocycles. The maximum absolute atomic E-state index is 12.5. The van der Waals surface area contributed by atoms with Crippen molar-refractivity contribution in [2.24, 2.45) is 0 Å². The minimum Gasteiger partial charge on any atom is -0.207 e. The molecule has 7 heteroatoms. The van der Waals surface area contributed by atoms with Crippen molar-refractivity contribution in [1.82, 2.24) is 4.31 Å². The summed E-state index contributed by atoms with van der Waals surface area (Å²) in [5.41, 5.74) is 0. The molecule has 100 valence electrons. The summed E-state index contributed by atoms with van der Waals surface area (Å²) in [7, 11) is -3.52.